The third-order valence-electron chi connectivity index (χ3n) is 3.24. The van der Waals surface area contributed by atoms with E-state index < -0.39 is 0 Å². The first-order chi connectivity index (χ1) is 9.81. The zero-order valence-electron chi connectivity index (χ0n) is 11.4. The first kappa shape index (κ1) is 14.3. The first-order valence-corrected chi connectivity index (χ1v) is 6.77. The second-order valence-electron chi connectivity index (χ2n) is 4.59. The molecule has 0 aliphatic heterocycles. The van der Waals surface area contributed by atoms with E-state index in [1.54, 1.807) is 0 Å². The van der Waals surface area contributed by atoms with Crippen LogP contribution in [0.15, 0.2) is 60.7 Å². The van der Waals surface area contributed by atoms with Crippen LogP contribution in [0.25, 0.3) is 0 Å². The maximum absolute atomic E-state index is 11.1. The number of ether oxygens (including phenoxy) is 1. The van der Waals surface area contributed by atoms with Gasteiger partial charge in [0.25, 0.3) is 0 Å². The van der Waals surface area contributed by atoms with Crippen molar-refractivity contribution < 1.29 is 9.53 Å². The van der Waals surface area contributed by atoms with Crippen molar-refractivity contribution in [3.05, 3.63) is 71.8 Å². The topological polar surface area (TPSA) is 52.3 Å². The maximum atomic E-state index is 11.1. The molecule has 0 atom stereocenters. The van der Waals surface area contributed by atoms with Crippen molar-refractivity contribution in [2.45, 2.75) is 12.3 Å². The Balaban J connectivity index is 2.11. The van der Waals surface area contributed by atoms with Gasteiger partial charge in [0.1, 0.15) is 0 Å². The van der Waals surface area contributed by atoms with Crippen LogP contribution >= 0.6 is 0 Å². The first-order valence-electron chi connectivity index (χ1n) is 6.77. The van der Waals surface area contributed by atoms with E-state index in [1.807, 2.05) is 36.4 Å². The summed E-state index contributed by atoms with van der Waals surface area (Å²) in [6, 6.07) is 20.5. The molecule has 0 radical (unpaired) electrons. The fraction of sp³-hybridized carbons (Fsp3) is 0.235. The average molecular weight is 269 g/mol. The van der Waals surface area contributed by atoms with Crippen LogP contribution < -0.4 is 5.73 Å². The smallest absolute Gasteiger partial charge is 0.319 e. The Kier molecular flexibility index (Phi) is 5.33. The predicted octanol–water partition coefficient (Wildman–Crippen LogP) is 2.71. The Morgan fingerprint density at radius 2 is 1.45 bits per heavy atom. The van der Waals surface area contributed by atoms with E-state index in [1.165, 1.54) is 11.1 Å². The Morgan fingerprint density at radius 3 is 1.90 bits per heavy atom. The summed E-state index contributed by atoms with van der Waals surface area (Å²) >= 11 is 0. The Morgan fingerprint density at radius 1 is 0.950 bits per heavy atom. The summed E-state index contributed by atoms with van der Waals surface area (Å²) in [6.07, 6.45) is 0.750. The average Bonchev–Trinajstić information content (AvgIpc) is 2.53. The van der Waals surface area contributed by atoms with E-state index in [-0.39, 0.29) is 18.4 Å². The van der Waals surface area contributed by atoms with Gasteiger partial charge in [-0.2, -0.15) is 0 Å². The van der Waals surface area contributed by atoms with E-state index >= 15 is 0 Å². The molecule has 0 saturated heterocycles. The molecule has 104 valence electrons. The molecular weight excluding hydrogens is 250 g/mol. The molecule has 0 heterocycles. The summed E-state index contributed by atoms with van der Waals surface area (Å²) in [4.78, 5) is 11.1. The third kappa shape index (κ3) is 3.93. The van der Waals surface area contributed by atoms with Crippen LogP contribution in [0.1, 0.15) is 23.5 Å². The predicted molar refractivity (Wildman–Crippen MR) is 79.4 cm³/mol. The number of nitrogens with two attached hydrogens (primary N) is 1. The zero-order chi connectivity index (χ0) is 14.2. The molecule has 0 aliphatic rings. The number of hydrogen-bond donors (Lipinski definition) is 1. The molecule has 0 spiro atoms. The third-order valence-corrected chi connectivity index (χ3v) is 3.24. The number of esters is 1. The minimum atomic E-state index is -0.357. The van der Waals surface area contributed by atoms with Gasteiger partial charge in [-0.15, -0.1) is 0 Å². The molecule has 0 saturated carbocycles. The van der Waals surface area contributed by atoms with Crippen molar-refractivity contribution in [3.8, 4) is 0 Å². The van der Waals surface area contributed by atoms with Crippen LogP contribution in [0.2, 0.25) is 0 Å². The maximum Gasteiger partial charge on any atom is 0.319 e. The zero-order valence-corrected chi connectivity index (χ0v) is 11.4. The van der Waals surface area contributed by atoms with Gasteiger partial charge in [-0.05, 0) is 17.5 Å². The summed E-state index contributed by atoms with van der Waals surface area (Å²) in [5.41, 5.74) is 7.69. The van der Waals surface area contributed by atoms with Crippen LogP contribution in [0.5, 0.6) is 0 Å². The molecule has 2 rings (SSSR count). The van der Waals surface area contributed by atoms with Crippen LogP contribution in [0, 0.1) is 0 Å². The molecule has 2 N–H and O–H groups in total. The van der Waals surface area contributed by atoms with Crippen molar-refractivity contribution in [1.82, 2.24) is 0 Å². The highest BCUT2D eigenvalue weighted by molar-refractivity contribution is 5.71. The monoisotopic (exact) mass is 269 g/mol. The van der Waals surface area contributed by atoms with E-state index in [0.29, 0.717) is 6.61 Å². The largest absolute Gasteiger partial charge is 0.465 e. The van der Waals surface area contributed by atoms with Gasteiger partial charge in [0, 0.05) is 5.92 Å². The molecule has 0 amide bonds. The van der Waals surface area contributed by atoms with Crippen LogP contribution in [-0.4, -0.2) is 19.1 Å². The quantitative estimate of drug-likeness (QED) is 0.820. The molecule has 0 bridgehead atoms. The van der Waals surface area contributed by atoms with Crippen LogP contribution in [0.4, 0.5) is 0 Å². The van der Waals surface area contributed by atoms with Gasteiger partial charge in [0.05, 0.1) is 13.2 Å². The lowest BCUT2D eigenvalue weighted by Crippen LogP contribution is -2.18. The van der Waals surface area contributed by atoms with Gasteiger partial charge in [-0.25, -0.2) is 0 Å². The van der Waals surface area contributed by atoms with Crippen molar-refractivity contribution >= 4 is 5.97 Å². The number of benzene rings is 2. The highest BCUT2D eigenvalue weighted by Crippen LogP contribution is 2.27. The van der Waals surface area contributed by atoms with Crippen molar-refractivity contribution in [2.24, 2.45) is 5.73 Å². The van der Waals surface area contributed by atoms with E-state index in [2.05, 4.69) is 24.3 Å². The van der Waals surface area contributed by atoms with Crippen LogP contribution in [-0.2, 0) is 9.53 Å². The van der Waals surface area contributed by atoms with Gasteiger partial charge < -0.3 is 10.5 Å². The number of hydrogen-bond acceptors (Lipinski definition) is 3. The minimum absolute atomic E-state index is 0.0681. The van der Waals surface area contributed by atoms with E-state index in [4.69, 9.17) is 10.5 Å². The normalized spacial score (nSPS) is 10.5. The Hall–Kier alpha value is -2.13. The molecule has 0 unspecified atom stereocenters. The standard InChI is InChI=1S/C17H19NO2/c18-13-17(19)20-12-11-16(14-7-3-1-4-8-14)15-9-5-2-6-10-15/h1-10,16H,11-13,18H2. The second-order valence-corrected chi connectivity index (χ2v) is 4.59. The number of rotatable bonds is 6. The summed E-state index contributed by atoms with van der Waals surface area (Å²) in [7, 11) is 0. The van der Waals surface area contributed by atoms with E-state index in [9.17, 15) is 4.79 Å². The summed E-state index contributed by atoms with van der Waals surface area (Å²) in [6.45, 7) is 0.311. The van der Waals surface area contributed by atoms with Gasteiger partial charge >= 0.3 is 5.97 Å². The van der Waals surface area contributed by atoms with Gasteiger partial charge in [-0.3, -0.25) is 4.79 Å². The molecule has 3 heteroatoms. The summed E-state index contributed by atoms with van der Waals surface area (Å²) in [5, 5.41) is 0. The fourth-order valence-electron chi connectivity index (χ4n) is 2.25. The lowest BCUT2D eigenvalue weighted by atomic mass is 9.89. The fourth-order valence-corrected chi connectivity index (χ4v) is 2.25. The highest BCUT2D eigenvalue weighted by atomic mass is 16.5. The van der Waals surface area contributed by atoms with E-state index in [0.717, 1.165) is 6.42 Å². The molecule has 2 aromatic rings. The molecule has 3 nitrogen and oxygen atoms in total. The Bertz CT molecular complexity index is 486. The SMILES string of the molecule is NCC(=O)OCCC(c1ccccc1)c1ccccc1. The lowest BCUT2D eigenvalue weighted by molar-refractivity contribution is -0.142. The van der Waals surface area contributed by atoms with Crippen molar-refractivity contribution in [1.29, 1.82) is 0 Å². The molecule has 0 aliphatic carbocycles. The van der Waals surface area contributed by atoms with Crippen molar-refractivity contribution in [2.75, 3.05) is 13.2 Å². The highest BCUT2D eigenvalue weighted by Gasteiger charge is 2.14. The molecule has 2 aromatic carbocycles. The Labute approximate surface area is 119 Å². The second kappa shape index (κ2) is 7.46. The number of carbonyl (C=O) groups excluding carboxylic acids is 1. The molecular formula is C17H19NO2. The number of carbonyl (C=O) groups is 1. The van der Waals surface area contributed by atoms with Crippen molar-refractivity contribution in [3.63, 3.8) is 0 Å². The molecule has 0 aromatic heterocycles. The summed E-state index contributed by atoms with van der Waals surface area (Å²) < 4.78 is 5.10. The van der Waals surface area contributed by atoms with Gasteiger partial charge in [0.15, 0.2) is 0 Å². The minimum Gasteiger partial charge on any atom is -0.465 e. The van der Waals surface area contributed by atoms with Gasteiger partial charge in [-0.1, -0.05) is 60.7 Å². The molecule has 20 heavy (non-hydrogen) atoms. The summed E-state index contributed by atoms with van der Waals surface area (Å²) in [5.74, 6) is -0.132. The lowest BCUT2D eigenvalue weighted by Gasteiger charge is -2.18. The van der Waals surface area contributed by atoms with Gasteiger partial charge in [0.2, 0.25) is 0 Å². The molecule has 0 fully saturated rings. The van der Waals surface area contributed by atoms with Crippen LogP contribution in [0.3, 0.4) is 0 Å².